The van der Waals surface area contributed by atoms with Gasteiger partial charge in [0.1, 0.15) is 10.7 Å². The first-order valence-electron chi connectivity index (χ1n) is 4.98. The summed E-state index contributed by atoms with van der Waals surface area (Å²) in [5, 5.41) is 5.19. The average molecular weight is 223 g/mol. The van der Waals surface area contributed by atoms with Gasteiger partial charge in [-0.25, -0.2) is 4.98 Å². The molecular formula is C10H13N3OS. The van der Waals surface area contributed by atoms with Crippen molar-refractivity contribution in [3.8, 4) is 0 Å². The lowest BCUT2D eigenvalue weighted by Crippen LogP contribution is -2.00. The van der Waals surface area contributed by atoms with E-state index in [1.807, 2.05) is 6.92 Å². The van der Waals surface area contributed by atoms with Gasteiger partial charge in [0.15, 0.2) is 6.29 Å². The Morgan fingerprint density at radius 3 is 2.93 bits per heavy atom. The second-order valence-electron chi connectivity index (χ2n) is 3.62. The monoisotopic (exact) mass is 223 g/mol. The van der Waals surface area contributed by atoms with Gasteiger partial charge < -0.3 is 0 Å². The molecule has 0 bridgehead atoms. The molecule has 2 heterocycles. The molecule has 0 aliphatic carbocycles. The fourth-order valence-electron chi connectivity index (χ4n) is 1.54. The van der Waals surface area contributed by atoms with Gasteiger partial charge in [0.25, 0.3) is 0 Å². The van der Waals surface area contributed by atoms with Gasteiger partial charge in [0, 0.05) is 5.92 Å². The van der Waals surface area contributed by atoms with Gasteiger partial charge in [-0.15, -0.1) is 0 Å². The van der Waals surface area contributed by atoms with E-state index in [2.05, 4.69) is 23.9 Å². The molecule has 2 rings (SSSR count). The van der Waals surface area contributed by atoms with Crippen LogP contribution in [0.15, 0.2) is 0 Å². The maximum Gasteiger partial charge on any atom is 0.213 e. The first-order chi connectivity index (χ1) is 7.17. The van der Waals surface area contributed by atoms with Crippen molar-refractivity contribution >= 4 is 22.6 Å². The molecule has 0 spiro atoms. The molecule has 0 aromatic carbocycles. The molecule has 0 saturated carbocycles. The number of rotatable bonds is 3. The van der Waals surface area contributed by atoms with E-state index in [1.54, 1.807) is 4.52 Å². The van der Waals surface area contributed by atoms with Crippen LogP contribution < -0.4 is 0 Å². The smallest absolute Gasteiger partial charge is 0.213 e. The van der Waals surface area contributed by atoms with Crippen molar-refractivity contribution < 1.29 is 4.79 Å². The lowest BCUT2D eigenvalue weighted by Gasteiger charge is -2.04. The average Bonchev–Trinajstić information content (AvgIpc) is 2.71. The van der Waals surface area contributed by atoms with Gasteiger partial charge in [0.05, 0.1) is 5.69 Å². The maximum absolute atomic E-state index is 11.0. The highest BCUT2D eigenvalue weighted by Crippen LogP contribution is 2.24. The third-order valence-electron chi connectivity index (χ3n) is 2.56. The molecule has 0 radical (unpaired) electrons. The number of carbonyl (C=O) groups excluding carboxylic acids is 1. The summed E-state index contributed by atoms with van der Waals surface area (Å²) >= 11 is 1.51. The van der Waals surface area contributed by atoms with E-state index in [4.69, 9.17) is 0 Å². The van der Waals surface area contributed by atoms with Gasteiger partial charge in [0.2, 0.25) is 4.96 Å². The van der Waals surface area contributed by atoms with Crippen molar-refractivity contribution in [1.29, 1.82) is 0 Å². The Hall–Kier alpha value is -1.23. The summed E-state index contributed by atoms with van der Waals surface area (Å²) in [6.45, 7) is 6.08. The van der Waals surface area contributed by atoms with Crippen molar-refractivity contribution in [2.75, 3.05) is 0 Å². The Bertz CT molecular complexity index is 500. The molecule has 0 amide bonds. The zero-order valence-corrected chi connectivity index (χ0v) is 9.84. The normalized spacial score (nSPS) is 13.3. The quantitative estimate of drug-likeness (QED) is 0.751. The first-order valence-corrected chi connectivity index (χ1v) is 5.80. The highest BCUT2D eigenvalue weighted by Gasteiger charge is 2.18. The number of aldehydes is 1. The van der Waals surface area contributed by atoms with Crippen molar-refractivity contribution in [3.05, 3.63) is 16.4 Å². The second kappa shape index (κ2) is 3.73. The number of aromatic nitrogens is 3. The minimum Gasteiger partial charge on any atom is -0.296 e. The van der Waals surface area contributed by atoms with Crippen LogP contribution in [0.25, 0.3) is 4.96 Å². The molecule has 5 heteroatoms. The topological polar surface area (TPSA) is 47.3 Å². The van der Waals surface area contributed by atoms with Crippen LogP contribution in [0.1, 0.15) is 47.4 Å². The Labute approximate surface area is 91.9 Å². The summed E-state index contributed by atoms with van der Waals surface area (Å²) in [5.74, 6) is 0.305. The minimum atomic E-state index is 0.305. The number of nitrogens with zero attached hydrogens (tertiary/aromatic N) is 3. The first kappa shape index (κ1) is 10.3. The second-order valence-corrected chi connectivity index (χ2v) is 4.78. The van der Waals surface area contributed by atoms with Gasteiger partial charge in [-0.05, 0) is 13.3 Å². The van der Waals surface area contributed by atoms with Gasteiger partial charge in [-0.1, -0.05) is 25.2 Å². The van der Waals surface area contributed by atoms with E-state index in [1.165, 1.54) is 11.3 Å². The van der Waals surface area contributed by atoms with Crippen LogP contribution in [0.2, 0.25) is 0 Å². The third-order valence-corrected chi connectivity index (χ3v) is 3.38. The number of fused-ring (bicyclic) bond motifs is 1. The van der Waals surface area contributed by atoms with Crippen LogP contribution in [-0.4, -0.2) is 20.9 Å². The summed E-state index contributed by atoms with van der Waals surface area (Å²) in [4.78, 5) is 16.3. The standard InChI is InChI=1S/C10H13N3OS/c1-4-6(2)9-8(5-14)13-10(11-9)15-7(3)12-13/h5-6H,4H2,1-3H3. The van der Waals surface area contributed by atoms with Crippen LogP contribution in [-0.2, 0) is 0 Å². The molecule has 0 aliphatic rings. The summed E-state index contributed by atoms with van der Waals surface area (Å²) < 4.78 is 1.65. The number of hydrogen-bond donors (Lipinski definition) is 0. The van der Waals surface area contributed by atoms with E-state index in [0.717, 1.165) is 28.4 Å². The van der Waals surface area contributed by atoms with Crippen LogP contribution in [0.4, 0.5) is 0 Å². The molecule has 4 nitrogen and oxygen atoms in total. The minimum absolute atomic E-state index is 0.305. The third kappa shape index (κ3) is 1.56. The van der Waals surface area contributed by atoms with Gasteiger partial charge in [-0.3, -0.25) is 4.79 Å². The Morgan fingerprint density at radius 1 is 1.60 bits per heavy atom. The number of carbonyl (C=O) groups is 1. The Balaban J connectivity index is 2.65. The van der Waals surface area contributed by atoms with Crippen molar-refractivity contribution in [3.63, 3.8) is 0 Å². The SMILES string of the molecule is CCC(C)c1nc2sc(C)nn2c1C=O. The molecule has 0 aliphatic heterocycles. The summed E-state index contributed by atoms with van der Waals surface area (Å²) in [6.07, 6.45) is 1.82. The maximum atomic E-state index is 11.0. The summed E-state index contributed by atoms with van der Waals surface area (Å²) in [5.41, 5.74) is 1.47. The summed E-state index contributed by atoms with van der Waals surface area (Å²) in [6, 6.07) is 0. The lowest BCUT2D eigenvalue weighted by molar-refractivity contribution is 0.111. The number of imidazole rings is 1. The van der Waals surface area contributed by atoms with E-state index in [0.29, 0.717) is 11.6 Å². The highest BCUT2D eigenvalue weighted by molar-refractivity contribution is 7.16. The van der Waals surface area contributed by atoms with Crippen molar-refractivity contribution in [2.45, 2.75) is 33.1 Å². The molecule has 15 heavy (non-hydrogen) atoms. The van der Waals surface area contributed by atoms with E-state index >= 15 is 0 Å². The summed E-state index contributed by atoms with van der Waals surface area (Å²) in [7, 11) is 0. The predicted molar refractivity (Wildman–Crippen MR) is 59.7 cm³/mol. The highest BCUT2D eigenvalue weighted by atomic mass is 32.1. The van der Waals surface area contributed by atoms with Crippen LogP contribution in [0.5, 0.6) is 0 Å². The van der Waals surface area contributed by atoms with Gasteiger partial charge >= 0.3 is 0 Å². The lowest BCUT2D eigenvalue weighted by atomic mass is 10.0. The Kier molecular flexibility index (Phi) is 2.56. The molecule has 80 valence electrons. The predicted octanol–water partition coefficient (Wildman–Crippen LogP) is 2.43. The zero-order chi connectivity index (χ0) is 11.0. The molecule has 0 N–H and O–H groups in total. The molecule has 2 aromatic rings. The van der Waals surface area contributed by atoms with Crippen molar-refractivity contribution in [1.82, 2.24) is 14.6 Å². The van der Waals surface area contributed by atoms with E-state index < -0.39 is 0 Å². The van der Waals surface area contributed by atoms with Crippen LogP contribution in [0.3, 0.4) is 0 Å². The zero-order valence-electron chi connectivity index (χ0n) is 9.02. The van der Waals surface area contributed by atoms with Crippen molar-refractivity contribution in [2.24, 2.45) is 0 Å². The van der Waals surface area contributed by atoms with Crippen LogP contribution >= 0.6 is 11.3 Å². The molecule has 0 saturated heterocycles. The fourth-order valence-corrected chi connectivity index (χ4v) is 2.30. The van der Waals surface area contributed by atoms with Gasteiger partial charge in [-0.2, -0.15) is 9.61 Å². The molecule has 1 unspecified atom stereocenters. The number of hydrogen-bond acceptors (Lipinski definition) is 4. The number of aryl methyl sites for hydroxylation is 1. The fraction of sp³-hybridized carbons (Fsp3) is 0.500. The molecule has 0 fully saturated rings. The molecular weight excluding hydrogens is 210 g/mol. The van der Waals surface area contributed by atoms with E-state index in [-0.39, 0.29) is 0 Å². The molecule has 2 aromatic heterocycles. The van der Waals surface area contributed by atoms with E-state index in [9.17, 15) is 4.79 Å². The largest absolute Gasteiger partial charge is 0.296 e. The molecule has 1 atom stereocenters. The van der Waals surface area contributed by atoms with Crippen LogP contribution in [0, 0.1) is 6.92 Å². The Morgan fingerprint density at radius 2 is 2.33 bits per heavy atom.